The molecule has 5 heteroatoms. The molecule has 2 bridgehead atoms. The lowest BCUT2D eigenvalue weighted by molar-refractivity contribution is -0.187. The molecule has 19 heavy (non-hydrogen) atoms. The second-order valence-electron chi connectivity index (χ2n) is 6.44. The molecule has 0 N–H and O–H groups in total. The first-order chi connectivity index (χ1) is 9.11. The van der Waals surface area contributed by atoms with Crippen molar-refractivity contribution in [2.45, 2.75) is 23.0 Å². The van der Waals surface area contributed by atoms with Gasteiger partial charge in [0.05, 0.1) is 22.0 Å². The Bertz CT molecular complexity index is 525. The number of carbonyl (C=O) groups excluding carboxylic acids is 1. The minimum absolute atomic E-state index is 0.0494. The van der Waals surface area contributed by atoms with Gasteiger partial charge in [-0.1, -0.05) is 22.0 Å². The molecule has 5 aliphatic rings. The topological polar surface area (TPSA) is 35.5 Å². The lowest BCUT2D eigenvalue weighted by Crippen LogP contribution is -2.52. The van der Waals surface area contributed by atoms with Crippen LogP contribution in [-0.4, -0.2) is 29.1 Å². The molecule has 0 amide bonds. The molecule has 0 aromatic rings. The molecule has 0 aromatic carbocycles. The Morgan fingerprint density at radius 2 is 2.00 bits per heavy atom. The van der Waals surface area contributed by atoms with Crippen molar-refractivity contribution in [2.75, 3.05) is 13.2 Å². The summed E-state index contributed by atoms with van der Waals surface area (Å²) in [6.07, 6.45) is 4.54. The van der Waals surface area contributed by atoms with Crippen molar-refractivity contribution < 1.29 is 14.3 Å². The van der Waals surface area contributed by atoms with E-state index in [1.807, 2.05) is 0 Å². The largest absolute Gasteiger partial charge is 0.346 e. The van der Waals surface area contributed by atoms with Gasteiger partial charge in [0.15, 0.2) is 11.6 Å². The molecule has 0 radical (unpaired) electrons. The summed E-state index contributed by atoms with van der Waals surface area (Å²) in [5.41, 5.74) is 0. The van der Waals surface area contributed by atoms with Gasteiger partial charge in [0.1, 0.15) is 0 Å². The average Bonchev–Trinajstić information content (AvgIpc) is 2.99. The molecule has 0 unspecified atom stereocenters. The van der Waals surface area contributed by atoms with Gasteiger partial charge in [-0.15, -0.1) is 0 Å². The van der Waals surface area contributed by atoms with E-state index in [1.165, 1.54) is 12.8 Å². The highest BCUT2D eigenvalue weighted by molar-refractivity contribution is 9.12. The maximum atomic E-state index is 12.5. The Hall–Kier alpha value is 0.290. The molecule has 3 saturated carbocycles. The molecule has 102 valence electrons. The predicted octanol–water partition coefficient (Wildman–Crippen LogP) is 2.63. The number of alkyl halides is 1. The van der Waals surface area contributed by atoms with Crippen molar-refractivity contribution >= 4 is 37.6 Å². The number of halogens is 2. The SMILES string of the molecule is O=C1C(Br)=C[C@H]2[C@H]1[C@H]1[C@H]3CC[C@H]3[C@@]2(Br)C12OCCO2. The van der Waals surface area contributed by atoms with Gasteiger partial charge < -0.3 is 9.47 Å². The fourth-order valence-electron chi connectivity index (χ4n) is 5.53. The molecule has 1 aliphatic heterocycles. The van der Waals surface area contributed by atoms with Gasteiger partial charge in [0, 0.05) is 17.8 Å². The number of ketones is 1. The van der Waals surface area contributed by atoms with E-state index < -0.39 is 5.79 Å². The minimum Gasteiger partial charge on any atom is -0.346 e. The monoisotopic (exact) mass is 388 g/mol. The van der Waals surface area contributed by atoms with Crippen molar-refractivity contribution in [1.29, 1.82) is 0 Å². The molecule has 1 heterocycles. The Morgan fingerprint density at radius 3 is 2.63 bits per heavy atom. The third kappa shape index (κ3) is 1.01. The molecular formula is C14H14Br2O3. The van der Waals surface area contributed by atoms with Gasteiger partial charge in [0.25, 0.3) is 0 Å². The first-order valence-electron chi connectivity index (χ1n) is 6.99. The van der Waals surface area contributed by atoms with E-state index in [0.29, 0.717) is 25.0 Å². The summed E-state index contributed by atoms with van der Waals surface area (Å²) < 4.78 is 12.8. The zero-order chi connectivity index (χ0) is 13.0. The highest BCUT2D eigenvalue weighted by Gasteiger charge is 2.84. The number of allylic oxidation sites excluding steroid dienone is 2. The van der Waals surface area contributed by atoms with E-state index in [1.54, 1.807) is 0 Å². The van der Waals surface area contributed by atoms with Crippen LogP contribution in [0, 0.1) is 29.6 Å². The van der Waals surface area contributed by atoms with Gasteiger partial charge in [-0.3, -0.25) is 4.79 Å². The van der Waals surface area contributed by atoms with Crippen molar-refractivity contribution in [3.05, 3.63) is 10.6 Å². The smallest absolute Gasteiger partial charge is 0.188 e. The lowest BCUT2D eigenvalue weighted by atomic mass is 9.59. The normalized spacial score (nSPS) is 56.2. The Labute approximate surface area is 128 Å². The fourth-order valence-corrected chi connectivity index (χ4v) is 7.56. The second-order valence-corrected chi connectivity index (χ2v) is 8.60. The highest BCUT2D eigenvalue weighted by atomic mass is 79.9. The van der Waals surface area contributed by atoms with Gasteiger partial charge in [-0.25, -0.2) is 0 Å². The van der Waals surface area contributed by atoms with Crippen LogP contribution in [0.5, 0.6) is 0 Å². The number of Topliss-reactive ketones (excluding diaryl/α,β-unsaturated/α-hetero) is 1. The highest BCUT2D eigenvalue weighted by Crippen LogP contribution is 2.78. The van der Waals surface area contributed by atoms with Crippen molar-refractivity contribution in [3.63, 3.8) is 0 Å². The summed E-state index contributed by atoms with van der Waals surface area (Å²) >= 11 is 7.45. The summed E-state index contributed by atoms with van der Waals surface area (Å²) in [4.78, 5) is 12.5. The summed E-state index contributed by atoms with van der Waals surface area (Å²) in [5, 5.41) is 0. The number of rotatable bonds is 0. The first kappa shape index (κ1) is 11.9. The third-order valence-corrected chi connectivity index (χ3v) is 8.47. The van der Waals surface area contributed by atoms with Gasteiger partial charge >= 0.3 is 0 Å². The Morgan fingerprint density at radius 1 is 1.26 bits per heavy atom. The maximum Gasteiger partial charge on any atom is 0.188 e. The number of hydrogen-bond donors (Lipinski definition) is 0. The van der Waals surface area contributed by atoms with Gasteiger partial charge in [0.2, 0.25) is 0 Å². The van der Waals surface area contributed by atoms with Crippen LogP contribution in [0.3, 0.4) is 0 Å². The quantitative estimate of drug-likeness (QED) is 0.597. The van der Waals surface area contributed by atoms with E-state index in [9.17, 15) is 4.79 Å². The van der Waals surface area contributed by atoms with E-state index in [-0.39, 0.29) is 27.9 Å². The molecular weight excluding hydrogens is 376 g/mol. The molecule has 4 fully saturated rings. The molecule has 0 aromatic heterocycles. The second kappa shape index (κ2) is 3.37. The predicted molar refractivity (Wildman–Crippen MR) is 75.0 cm³/mol. The summed E-state index contributed by atoms with van der Waals surface area (Å²) in [7, 11) is 0. The van der Waals surface area contributed by atoms with Gasteiger partial charge in [-0.05, 0) is 40.6 Å². The molecule has 1 saturated heterocycles. The molecule has 4 aliphatic carbocycles. The summed E-state index contributed by atoms with van der Waals surface area (Å²) in [5.74, 6) is 1.40. The van der Waals surface area contributed by atoms with E-state index >= 15 is 0 Å². The number of carbonyl (C=O) groups is 1. The lowest BCUT2D eigenvalue weighted by Gasteiger charge is -2.47. The van der Waals surface area contributed by atoms with E-state index in [0.717, 1.165) is 4.48 Å². The molecule has 1 spiro atoms. The van der Waals surface area contributed by atoms with E-state index in [4.69, 9.17) is 9.47 Å². The van der Waals surface area contributed by atoms with Crippen LogP contribution in [0.4, 0.5) is 0 Å². The van der Waals surface area contributed by atoms with Crippen molar-refractivity contribution in [2.24, 2.45) is 29.6 Å². The van der Waals surface area contributed by atoms with Crippen LogP contribution in [0.2, 0.25) is 0 Å². The average molecular weight is 390 g/mol. The van der Waals surface area contributed by atoms with Crippen molar-refractivity contribution in [3.8, 4) is 0 Å². The zero-order valence-corrected chi connectivity index (χ0v) is 13.4. The summed E-state index contributed by atoms with van der Waals surface area (Å²) in [6.45, 7) is 1.31. The van der Waals surface area contributed by atoms with Crippen molar-refractivity contribution in [1.82, 2.24) is 0 Å². The molecule has 3 nitrogen and oxygen atoms in total. The standard InChI is InChI=1S/C14H14Br2O3/c15-9-5-8-10(12(9)17)11-6-1-2-7(6)13(8,16)14(11)18-3-4-19-14/h5-8,10-11H,1-4H2/t6-,7+,8-,10-,11+,13-/m0/s1. The van der Waals surface area contributed by atoms with E-state index in [2.05, 4.69) is 37.9 Å². The van der Waals surface area contributed by atoms with Crippen LogP contribution in [0.15, 0.2) is 10.6 Å². The molecule has 6 atom stereocenters. The van der Waals surface area contributed by atoms with Crippen LogP contribution in [-0.2, 0) is 14.3 Å². The van der Waals surface area contributed by atoms with Gasteiger partial charge in [-0.2, -0.15) is 0 Å². The minimum atomic E-state index is -0.548. The van der Waals surface area contributed by atoms with Crippen LogP contribution >= 0.6 is 31.9 Å². The Balaban J connectivity index is 1.74. The maximum absolute atomic E-state index is 12.5. The number of fused-ring (bicyclic) bond motifs is 6. The third-order valence-electron chi connectivity index (χ3n) is 6.14. The molecule has 5 rings (SSSR count). The van der Waals surface area contributed by atoms with Crippen LogP contribution in [0.25, 0.3) is 0 Å². The zero-order valence-electron chi connectivity index (χ0n) is 10.3. The van der Waals surface area contributed by atoms with Crippen LogP contribution in [0.1, 0.15) is 12.8 Å². The van der Waals surface area contributed by atoms with Crippen LogP contribution < -0.4 is 0 Å². The Kier molecular flexibility index (Phi) is 2.11. The fraction of sp³-hybridized carbons (Fsp3) is 0.786. The number of ether oxygens (including phenoxy) is 2. The summed E-state index contributed by atoms with van der Waals surface area (Å²) in [6, 6.07) is 0. The first-order valence-corrected chi connectivity index (χ1v) is 8.58. The number of hydrogen-bond acceptors (Lipinski definition) is 3.